The Morgan fingerprint density at radius 1 is 1.44 bits per heavy atom. The van der Waals surface area contributed by atoms with Gasteiger partial charge in [0, 0.05) is 45.2 Å². The molecular formula is C12H25N3O. The zero-order chi connectivity index (χ0) is 12.1. The average Bonchev–Trinajstić information content (AvgIpc) is 2.20. The van der Waals surface area contributed by atoms with Gasteiger partial charge in [0.2, 0.25) is 5.91 Å². The van der Waals surface area contributed by atoms with Crippen LogP contribution in [0.4, 0.5) is 0 Å². The highest BCUT2D eigenvalue weighted by molar-refractivity contribution is 5.73. The zero-order valence-electron chi connectivity index (χ0n) is 10.8. The molecule has 0 aliphatic carbocycles. The standard InChI is InChI=1S/C12H25N3O/c1-10(2)15(11(3)16)12-4-7-14(8-5-12)9-6-13/h10,12H,4-9,13H2,1-3H3. The van der Waals surface area contributed by atoms with Gasteiger partial charge in [0.05, 0.1) is 0 Å². The third-order valence-electron chi connectivity index (χ3n) is 3.32. The van der Waals surface area contributed by atoms with Crippen LogP contribution in [-0.4, -0.2) is 54.0 Å². The van der Waals surface area contributed by atoms with Gasteiger partial charge in [0.1, 0.15) is 0 Å². The summed E-state index contributed by atoms with van der Waals surface area (Å²) in [6, 6.07) is 0.732. The Kier molecular flexibility index (Phi) is 5.22. The van der Waals surface area contributed by atoms with E-state index >= 15 is 0 Å². The van der Waals surface area contributed by atoms with Gasteiger partial charge in [-0.25, -0.2) is 0 Å². The first kappa shape index (κ1) is 13.5. The SMILES string of the molecule is CC(=O)N(C(C)C)C1CCN(CCN)CC1. The summed E-state index contributed by atoms with van der Waals surface area (Å²) < 4.78 is 0. The van der Waals surface area contributed by atoms with Crippen LogP contribution in [0.5, 0.6) is 0 Å². The van der Waals surface area contributed by atoms with Crippen LogP contribution in [0, 0.1) is 0 Å². The monoisotopic (exact) mass is 227 g/mol. The Labute approximate surface area is 98.8 Å². The number of likely N-dealkylation sites (tertiary alicyclic amines) is 1. The number of piperidine rings is 1. The van der Waals surface area contributed by atoms with Crippen molar-refractivity contribution in [2.45, 2.75) is 45.7 Å². The Hall–Kier alpha value is -0.610. The number of hydrogen-bond donors (Lipinski definition) is 1. The molecule has 4 heteroatoms. The molecular weight excluding hydrogens is 202 g/mol. The summed E-state index contributed by atoms with van der Waals surface area (Å²) in [6.45, 7) is 9.70. The topological polar surface area (TPSA) is 49.6 Å². The molecule has 0 radical (unpaired) electrons. The van der Waals surface area contributed by atoms with E-state index in [0.29, 0.717) is 12.1 Å². The fourth-order valence-corrected chi connectivity index (χ4v) is 2.65. The number of amides is 1. The van der Waals surface area contributed by atoms with Crippen molar-refractivity contribution in [1.29, 1.82) is 0 Å². The van der Waals surface area contributed by atoms with Crippen molar-refractivity contribution in [3.8, 4) is 0 Å². The predicted molar refractivity (Wildman–Crippen MR) is 66.2 cm³/mol. The van der Waals surface area contributed by atoms with E-state index in [0.717, 1.165) is 39.0 Å². The van der Waals surface area contributed by atoms with E-state index in [2.05, 4.69) is 18.7 Å². The molecule has 4 nitrogen and oxygen atoms in total. The molecule has 0 bridgehead atoms. The lowest BCUT2D eigenvalue weighted by Gasteiger charge is -2.40. The van der Waals surface area contributed by atoms with Crippen molar-refractivity contribution in [3.05, 3.63) is 0 Å². The third-order valence-corrected chi connectivity index (χ3v) is 3.32. The number of carbonyl (C=O) groups excluding carboxylic acids is 1. The molecule has 1 amide bonds. The van der Waals surface area contributed by atoms with Crippen LogP contribution >= 0.6 is 0 Å². The van der Waals surface area contributed by atoms with Gasteiger partial charge in [-0.05, 0) is 26.7 Å². The van der Waals surface area contributed by atoms with E-state index in [1.807, 2.05) is 4.90 Å². The lowest BCUT2D eigenvalue weighted by molar-refractivity contribution is -0.134. The van der Waals surface area contributed by atoms with E-state index in [-0.39, 0.29) is 5.91 Å². The van der Waals surface area contributed by atoms with Crippen molar-refractivity contribution < 1.29 is 4.79 Å². The maximum absolute atomic E-state index is 11.6. The van der Waals surface area contributed by atoms with Gasteiger partial charge in [-0.15, -0.1) is 0 Å². The van der Waals surface area contributed by atoms with Gasteiger partial charge in [0.15, 0.2) is 0 Å². The first-order valence-corrected chi connectivity index (χ1v) is 6.27. The molecule has 0 aromatic heterocycles. The van der Waals surface area contributed by atoms with Crippen LogP contribution in [0.25, 0.3) is 0 Å². The van der Waals surface area contributed by atoms with Crippen molar-refractivity contribution in [2.75, 3.05) is 26.2 Å². The van der Waals surface area contributed by atoms with E-state index in [9.17, 15) is 4.79 Å². The fraction of sp³-hybridized carbons (Fsp3) is 0.917. The number of carbonyl (C=O) groups is 1. The minimum atomic E-state index is 0.201. The number of nitrogens with zero attached hydrogens (tertiary/aromatic N) is 2. The summed E-state index contributed by atoms with van der Waals surface area (Å²) in [5.41, 5.74) is 5.54. The average molecular weight is 227 g/mol. The zero-order valence-corrected chi connectivity index (χ0v) is 10.8. The minimum Gasteiger partial charge on any atom is -0.337 e. The molecule has 0 spiro atoms. The van der Waals surface area contributed by atoms with Crippen molar-refractivity contribution in [1.82, 2.24) is 9.80 Å². The summed E-state index contributed by atoms with van der Waals surface area (Å²) in [7, 11) is 0. The largest absolute Gasteiger partial charge is 0.337 e. The molecule has 0 unspecified atom stereocenters. The highest BCUT2D eigenvalue weighted by atomic mass is 16.2. The second-order valence-electron chi connectivity index (χ2n) is 4.88. The maximum Gasteiger partial charge on any atom is 0.219 e. The second-order valence-corrected chi connectivity index (χ2v) is 4.88. The summed E-state index contributed by atoms with van der Waals surface area (Å²) >= 11 is 0. The molecule has 94 valence electrons. The molecule has 0 aromatic rings. The lowest BCUT2D eigenvalue weighted by atomic mass is 10.0. The first-order valence-electron chi connectivity index (χ1n) is 6.27. The first-order chi connectivity index (χ1) is 7.56. The van der Waals surface area contributed by atoms with Gasteiger partial charge in [-0.2, -0.15) is 0 Å². The van der Waals surface area contributed by atoms with Crippen LogP contribution < -0.4 is 5.73 Å². The molecule has 0 aromatic carbocycles. The van der Waals surface area contributed by atoms with E-state index in [1.54, 1.807) is 6.92 Å². The summed E-state index contributed by atoms with van der Waals surface area (Å²) in [5, 5.41) is 0. The summed E-state index contributed by atoms with van der Waals surface area (Å²) in [6.07, 6.45) is 2.16. The molecule has 2 N–H and O–H groups in total. The van der Waals surface area contributed by atoms with Crippen LogP contribution in [-0.2, 0) is 4.79 Å². The van der Waals surface area contributed by atoms with Crippen molar-refractivity contribution in [2.24, 2.45) is 5.73 Å². The van der Waals surface area contributed by atoms with Gasteiger partial charge in [-0.3, -0.25) is 4.79 Å². The lowest BCUT2D eigenvalue weighted by Crippen LogP contribution is -2.50. The van der Waals surface area contributed by atoms with Gasteiger partial charge in [0.25, 0.3) is 0 Å². The maximum atomic E-state index is 11.6. The smallest absolute Gasteiger partial charge is 0.219 e. The third kappa shape index (κ3) is 3.46. The highest BCUT2D eigenvalue weighted by Crippen LogP contribution is 2.18. The highest BCUT2D eigenvalue weighted by Gasteiger charge is 2.27. The van der Waals surface area contributed by atoms with Crippen molar-refractivity contribution >= 4 is 5.91 Å². The predicted octanol–water partition coefficient (Wildman–Crippen LogP) is 0.666. The Balaban J connectivity index is 2.47. The molecule has 1 aliphatic heterocycles. The van der Waals surface area contributed by atoms with Crippen LogP contribution in [0.2, 0.25) is 0 Å². The Morgan fingerprint density at radius 2 is 2.00 bits per heavy atom. The quantitative estimate of drug-likeness (QED) is 0.768. The number of hydrogen-bond acceptors (Lipinski definition) is 3. The molecule has 0 atom stereocenters. The van der Waals surface area contributed by atoms with E-state index in [1.165, 1.54) is 0 Å². The van der Waals surface area contributed by atoms with Crippen LogP contribution in [0.15, 0.2) is 0 Å². The molecule has 16 heavy (non-hydrogen) atoms. The molecule has 1 fully saturated rings. The van der Waals surface area contributed by atoms with Crippen molar-refractivity contribution in [3.63, 3.8) is 0 Å². The Morgan fingerprint density at radius 3 is 2.38 bits per heavy atom. The van der Waals surface area contributed by atoms with Gasteiger partial charge in [-0.1, -0.05) is 0 Å². The molecule has 1 aliphatic rings. The minimum absolute atomic E-state index is 0.201. The summed E-state index contributed by atoms with van der Waals surface area (Å²) in [4.78, 5) is 16.0. The van der Waals surface area contributed by atoms with E-state index in [4.69, 9.17) is 5.73 Å². The van der Waals surface area contributed by atoms with Crippen LogP contribution in [0.3, 0.4) is 0 Å². The number of rotatable bonds is 4. The van der Waals surface area contributed by atoms with Crippen LogP contribution in [0.1, 0.15) is 33.6 Å². The molecule has 1 heterocycles. The van der Waals surface area contributed by atoms with Gasteiger partial charge >= 0.3 is 0 Å². The number of nitrogens with two attached hydrogens (primary N) is 1. The summed E-state index contributed by atoms with van der Waals surface area (Å²) in [5.74, 6) is 0.201. The molecule has 1 rings (SSSR count). The molecule has 0 saturated carbocycles. The molecule has 1 saturated heterocycles. The second kappa shape index (κ2) is 6.21. The fourth-order valence-electron chi connectivity index (χ4n) is 2.65. The van der Waals surface area contributed by atoms with Gasteiger partial charge < -0.3 is 15.5 Å². The Bertz CT molecular complexity index is 222. The van der Waals surface area contributed by atoms with E-state index < -0.39 is 0 Å². The normalized spacial score (nSPS) is 19.1.